The molecule has 5 nitrogen and oxygen atoms in total. The molecule has 0 saturated carbocycles. The minimum Gasteiger partial charge on any atom is -0.381 e. The normalized spacial score (nSPS) is 23.4. The van der Waals surface area contributed by atoms with Crippen LogP contribution in [0.25, 0.3) is 0 Å². The first-order chi connectivity index (χ1) is 12.2. The van der Waals surface area contributed by atoms with Gasteiger partial charge in [-0.05, 0) is 43.4 Å². The Balaban J connectivity index is 1.62. The molecule has 2 aliphatic heterocycles. The first-order valence-corrected chi connectivity index (χ1v) is 9.91. The number of rotatable bonds is 5. The molecule has 2 fully saturated rings. The van der Waals surface area contributed by atoms with Gasteiger partial charge in [0, 0.05) is 49.8 Å². The lowest BCUT2D eigenvalue weighted by atomic mass is 9.74. The van der Waals surface area contributed by atoms with Crippen molar-refractivity contribution in [3.05, 3.63) is 34.3 Å². The Kier molecular flexibility index (Phi) is 6.73. The van der Waals surface area contributed by atoms with Gasteiger partial charge in [-0.1, -0.05) is 28.1 Å². The van der Waals surface area contributed by atoms with Crippen molar-refractivity contribution >= 4 is 21.9 Å². The smallest absolute Gasteiger partial charge is 0.191 e. The minimum absolute atomic E-state index is 0.0838. The van der Waals surface area contributed by atoms with Crippen molar-refractivity contribution in [1.82, 2.24) is 10.6 Å². The van der Waals surface area contributed by atoms with Gasteiger partial charge in [0.15, 0.2) is 5.96 Å². The molecule has 0 radical (unpaired) electrons. The maximum atomic E-state index is 5.68. The van der Waals surface area contributed by atoms with Crippen LogP contribution in [0.3, 0.4) is 0 Å². The Morgan fingerprint density at radius 1 is 1.20 bits per heavy atom. The number of halogens is 1. The summed E-state index contributed by atoms with van der Waals surface area (Å²) in [6.07, 6.45) is 4.63. The second-order valence-corrected chi connectivity index (χ2v) is 7.76. The van der Waals surface area contributed by atoms with Gasteiger partial charge >= 0.3 is 0 Å². The Morgan fingerprint density at radius 3 is 2.60 bits per heavy atom. The summed E-state index contributed by atoms with van der Waals surface area (Å²) in [4.78, 5) is 4.37. The highest BCUT2D eigenvalue weighted by atomic mass is 79.9. The standard InChI is InChI=1S/C19H28BrN3O2/c1-21-18(22-13-17-3-2-10-25-17)23-14-19(8-11-24-12-9-19)15-4-6-16(20)7-5-15/h4-7,17H,2-3,8-14H2,1H3,(H2,21,22,23). The molecule has 2 saturated heterocycles. The third-order valence-corrected chi connectivity index (χ3v) is 5.77. The molecule has 25 heavy (non-hydrogen) atoms. The molecule has 3 rings (SSSR count). The fourth-order valence-electron chi connectivity index (χ4n) is 3.62. The number of benzene rings is 1. The summed E-state index contributed by atoms with van der Waals surface area (Å²) in [5, 5.41) is 6.94. The summed E-state index contributed by atoms with van der Waals surface area (Å²) in [5.74, 6) is 0.846. The molecule has 0 bridgehead atoms. The number of hydrogen-bond acceptors (Lipinski definition) is 3. The molecule has 2 heterocycles. The van der Waals surface area contributed by atoms with E-state index in [-0.39, 0.29) is 5.41 Å². The lowest BCUT2D eigenvalue weighted by Crippen LogP contribution is -2.49. The quantitative estimate of drug-likeness (QED) is 0.579. The highest BCUT2D eigenvalue weighted by molar-refractivity contribution is 9.10. The van der Waals surface area contributed by atoms with E-state index in [0.717, 1.165) is 69.0 Å². The molecule has 2 aliphatic rings. The van der Waals surface area contributed by atoms with Gasteiger partial charge in [-0.15, -0.1) is 0 Å². The van der Waals surface area contributed by atoms with Gasteiger partial charge in [0.1, 0.15) is 0 Å². The average molecular weight is 410 g/mol. The van der Waals surface area contributed by atoms with Crippen LogP contribution in [0.15, 0.2) is 33.7 Å². The average Bonchev–Trinajstić information content (AvgIpc) is 3.17. The van der Waals surface area contributed by atoms with E-state index >= 15 is 0 Å². The van der Waals surface area contributed by atoms with Crippen molar-refractivity contribution < 1.29 is 9.47 Å². The van der Waals surface area contributed by atoms with E-state index in [9.17, 15) is 0 Å². The first kappa shape index (κ1) is 18.7. The highest BCUT2D eigenvalue weighted by Gasteiger charge is 2.34. The van der Waals surface area contributed by atoms with Crippen LogP contribution in [0.4, 0.5) is 0 Å². The van der Waals surface area contributed by atoms with Crippen LogP contribution in [-0.2, 0) is 14.9 Å². The highest BCUT2D eigenvalue weighted by Crippen LogP contribution is 2.34. The van der Waals surface area contributed by atoms with E-state index < -0.39 is 0 Å². The second kappa shape index (κ2) is 9.01. The van der Waals surface area contributed by atoms with Gasteiger partial charge in [0.2, 0.25) is 0 Å². The molecule has 0 amide bonds. The number of guanidine groups is 1. The van der Waals surface area contributed by atoms with Crippen molar-refractivity contribution in [2.75, 3.05) is 40.0 Å². The van der Waals surface area contributed by atoms with E-state index in [1.165, 1.54) is 5.56 Å². The van der Waals surface area contributed by atoms with E-state index in [1.807, 2.05) is 7.05 Å². The third-order valence-electron chi connectivity index (χ3n) is 5.25. The summed E-state index contributed by atoms with van der Waals surface area (Å²) in [6.45, 7) is 4.15. The minimum atomic E-state index is 0.0838. The van der Waals surface area contributed by atoms with E-state index in [0.29, 0.717) is 6.10 Å². The largest absolute Gasteiger partial charge is 0.381 e. The topological polar surface area (TPSA) is 54.9 Å². The molecule has 1 aromatic carbocycles. The van der Waals surface area contributed by atoms with Gasteiger partial charge in [-0.3, -0.25) is 4.99 Å². The van der Waals surface area contributed by atoms with Crippen LogP contribution < -0.4 is 10.6 Å². The molecule has 138 valence electrons. The number of ether oxygens (including phenoxy) is 2. The van der Waals surface area contributed by atoms with Gasteiger partial charge in [-0.2, -0.15) is 0 Å². The van der Waals surface area contributed by atoms with Crippen molar-refractivity contribution in [2.45, 2.75) is 37.2 Å². The van der Waals surface area contributed by atoms with Crippen LogP contribution in [0, 0.1) is 0 Å². The number of nitrogens with one attached hydrogen (secondary N) is 2. The molecule has 1 atom stereocenters. The summed E-state index contributed by atoms with van der Waals surface area (Å²) in [7, 11) is 1.82. The lowest BCUT2D eigenvalue weighted by molar-refractivity contribution is 0.0513. The monoisotopic (exact) mass is 409 g/mol. The van der Waals surface area contributed by atoms with E-state index in [4.69, 9.17) is 9.47 Å². The molecule has 6 heteroatoms. The number of nitrogens with zero attached hydrogens (tertiary/aromatic N) is 1. The number of aliphatic imine (C=N–C) groups is 1. The summed E-state index contributed by atoms with van der Waals surface area (Å²) in [6, 6.07) is 8.69. The maximum Gasteiger partial charge on any atom is 0.191 e. The summed E-state index contributed by atoms with van der Waals surface area (Å²) < 4.78 is 12.4. The molecule has 0 aromatic heterocycles. The maximum absolute atomic E-state index is 5.68. The Bertz CT molecular complexity index is 565. The molecule has 2 N–H and O–H groups in total. The fourth-order valence-corrected chi connectivity index (χ4v) is 3.89. The summed E-state index contributed by atoms with van der Waals surface area (Å²) >= 11 is 3.53. The third kappa shape index (κ3) is 4.96. The van der Waals surface area contributed by atoms with Gasteiger partial charge in [0.25, 0.3) is 0 Å². The summed E-state index contributed by atoms with van der Waals surface area (Å²) in [5.41, 5.74) is 1.45. The van der Waals surface area contributed by atoms with Crippen molar-refractivity contribution in [3.8, 4) is 0 Å². The van der Waals surface area contributed by atoms with E-state index in [2.05, 4.69) is 55.8 Å². The second-order valence-electron chi connectivity index (χ2n) is 6.84. The van der Waals surface area contributed by atoms with Crippen molar-refractivity contribution in [2.24, 2.45) is 4.99 Å². The van der Waals surface area contributed by atoms with Crippen molar-refractivity contribution in [3.63, 3.8) is 0 Å². The first-order valence-electron chi connectivity index (χ1n) is 9.12. The SMILES string of the molecule is CN=C(NCC1CCCO1)NCC1(c2ccc(Br)cc2)CCOCC1. The lowest BCUT2D eigenvalue weighted by Gasteiger charge is -2.38. The van der Waals surface area contributed by atoms with Crippen LogP contribution in [0.1, 0.15) is 31.2 Å². The molecular formula is C19H28BrN3O2. The van der Waals surface area contributed by atoms with Crippen molar-refractivity contribution in [1.29, 1.82) is 0 Å². The van der Waals surface area contributed by atoms with E-state index in [1.54, 1.807) is 0 Å². The molecule has 0 aliphatic carbocycles. The Hall–Kier alpha value is -1.11. The zero-order valence-electron chi connectivity index (χ0n) is 14.9. The van der Waals surface area contributed by atoms with Gasteiger partial charge in [-0.25, -0.2) is 0 Å². The predicted octanol–water partition coefficient (Wildman–Crippen LogP) is 2.84. The number of hydrogen-bond donors (Lipinski definition) is 2. The Labute approximate surface area is 158 Å². The predicted molar refractivity (Wildman–Crippen MR) is 104 cm³/mol. The molecule has 1 unspecified atom stereocenters. The van der Waals surface area contributed by atoms with Crippen LogP contribution in [-0.4, -0.2) is 52.0 Å². The fraction of sp³-hybridized carbons (Fsp3) is 0.632. The molecular weight excluding hydrogens is 382 g/mol. The Morgan fingerprint density at radius 2 is 1.96 bits per heavy atom. The molecule has 1 aromatic rings. The van der Waals surface area contributed by atoms with Gasteiger partial charge < -0.3 is 20.1 Å². The van der Waals surface area contributed by atoms with Crippen LogP contribution >= 0.6 is 15.9 Å². The van der Waals surface area contributed by atoms with Crippen LogP contribution in [0.2, 0.25) is 0 Å². The van der Waals surface area contributed by atoms with Gasteiger partial charge in [0.05, 0.1) is 6.10 Å². The zero-order valence-corrected chi connectivity index (χ0v) is 16.5. The zero-order chi connectivity index (χ0) is 17.5. The molecule has 0 spiro atoms. The van der Waals surface area contributed by atoms with Crippen LogP contribution in [0.5, 0.6) is 0 Å².